The molecule has 1 N–H and O–H groups in total. The Morgan fingerprint density at radius 2 is 2.00 bits per heavy atom. The first-order valence-corrected chi connectivity index (χ1v) is 10.4. The van der Waals surface area contributed by atoms with E-state index in [4.69, 9.17) is 9.47 Å². The standard InChI is InChI=1S/C16H26N2O5S/c1-16(2)13-14-10(8-11(23-14)15(13)24(20,21)17-16)22-12(19)9-18-6-4-3-5-7-18/h10-11,13-15,17H,3-9H2,1-2H3. The Kier molecular flexibility index (Phi) is 3.95. The molecule has 5 atom stereocenters. The Labute approximate surface area is 143 Å². The predicted molar refractivity (Wildman–Crippen MR) is 86.9 cm³/mol. The van der Waals surface area contributed by atoms with E-state index >= 15 is 0 Å². The number of nitrogens with one attached hydrogen (secondary N) is 1. The molecule has 0 saturated carbocycles. The van der Waals surface area contributed by atoms with Crippen molar-refractivity contribution in [2.24, 2.45) is 5.92 Å². The van der Waals surface area contributed by atoms with Gasteiger partial charge in [-0.3, -0.25) is 9.69 Å². The van der Waals surface area contributed by atoms with Crippen LogP contribution >= 0.6 is 0 Å². The molecule has 0 aromatic heterocycles. The summed E-state index contributed by atoms with van der Waals surface area (Å²) in [5.41, 5.74) is -0.569. The molecule has 0 spiro atoms. The van der Waals surface area contributed by atoms with Gasteiger partial charge in [0, 0.05) is 17.9 Å². The van der Waals surface area contributed by atoms with Crippen LogP contribution in [0.2, 0.25) is 0 Å². The van der Waals surface area contributed by atoms with Gasteiger partial charge in [0.2, 0.25) is 10.0 Å². The Balaban J connectivity index is 1.42. The van der Waals surface area contributed by atoms with Gasteiger partial charge in [-0.15, -0.1) is 0 Å². The molecule has 0 aliphatic carbocycles. The number of ether oxygens (including phenoxy) is 2. The zero-order valence-electron chi connectivity index (χ0n) is 14.2. The lowest BCUT2D eigenvalue weighted by Crippen LogP contribution is -2.49. The topological polar surface area (TPSA) is 84.9 Å². The normalized spacial score (nSPS) is 42.8. The van der Waals surface area contributed by atoms with Crippen molar-refractivity contribution in [3.05, 3.63) is 0 Å². The van der Waals surface area contributed by atoms with Crippen LogP contribution in [0.4, 0.5) is 0 Å². The second kappa shape index (κ2) is 5.65. The molecule has 4 saturated heterocycles. The maximum absolute atomic E-state index is 12.3. The number of sulfonamides is 1. The van der Waals surface area contributed by atoms with Crippen LogP contribution in [0.1, 0.15) is 39.5 Å². The molecule has 7 nitrogen and oxygen atoms in total. The third kappa shape index (κ3) is 2.67. The van der Waals surface area contributed by atoms with Crippen molar-refractivity contribution in [2.75, 3.05) is 19.6 Å². The van der Waals surface area contributed by atoms with Crippen molar-refractivity contribution in [3.8, 4) is 0 Å². The van der Waals surface area contributed by atoms with E-state index in [0.29, 0.717) is 13.0 Å². The minimum atomic E-state index is -3.36. The first-order chi connectivity index (χ1) is 11.3. The molecule has 0 aromatic carbocycles. The Hall–Kier alpha value is -0.700. The Bertz CT molecular complexity index is 628. The highest BCUT2D eigenvalue weighted by molar-refractivity contribution is 7.90. The number of likely N-dealkylation sites (tertiary alicyclic amines) is 1. The van der Waals surface area contributed by atoms with E-state index in [2.05, 4.69) is 9.62 Å². The van der Waals surface area contributed by atoms with Crippen LogP contribution in [0.15, 0.2) is 0 Å². The second-order valence-corrected chi connectivity index (χ2v) is 9.94. The zero-order valence-corrected chi connectivity index (χ0v) is 15.0. The number of hydrogen-bond donors (Lipinski definition) is 1. The van der Waals surface area contributed by atoms with E-state index in [1.165, 1.54) is 6.42 Å². The highest BCUT2D eigenvalue weighted by atomic mass is 32.2. The minimum absolute atomic E-state index is 0.172. The molecule has 0 amide bonds. The number of hydrogen-bond acceptors (Lipinski definition) is 6. The summed E-state index contributed by atoms with van der Waals surface area (Å²) >= 11 is 0. The monoisotopic (exact) mass is 358 g/mol. The van der Waals surface area contributed by atoms with Gasteiger partial charge in [0.1, 0.15) is 17.5 Å². The van der Waals surface area contributed by atoms with Gasteiger partial charge in [-0.05, 0) is 39.8 Å². The van der Waals surface area contributed by atoms with Crippen molar-refractivity contribution >= 4 is 16.0 Å². The summed E-state index contributed by atoms with van der Waals surface area (Å²) in [6.07, 6.45) is 2.94. The summed E-state index contributed by atoms with van der Waals surface area (Å²) in [6.45, 7) is 5.98. The lowest BCUT2D eigenvalue weighted by molar-refractivity contribution is -0.154. The van der Waals surface area contributed by atoms with Crippen molar-refractivity contribution in [3.63, 3.8) is 0 Å². The zero-order chi connectivity index (χ0) is 17.1. The first kappa shape index (κ1) is 16.8. The number of esters is 1. The van der Waals surface area contributed by atoms with Crippen LogP contribution < -0.4 is 4.72 Å². The summed E-state index contributed by atoms with van der Waals surface area (Å²) in [5.74, 6) is -0.393. The van der Waals surface area contributed by atoms with Crippen molar-refractivity contribution in [1.29, 1.82) is 0 Å². The number of carbonyl (C=O) groups excluding carboxylic acids is 1. The molecule has 4 rings (SSSR count). The largest absolute Gasteiger partial charge is 0.459 e. The molecule has 5 unspecified atom stereocenters. The van der Waals surface area contributed by atoms with Crippen LogP contribution in [0.25, 0.3) is 0 Å². The van der Waals surface area contributed by atoms with Crippen LogP contribution in [-0.4, -0.2) is 68.0 Å². The number of piperidine rings is 1. The van der Waals surface area contributed by atoms with Gasteiger partial charge in [-0.2, -0.15) is 0 Å². The highest BCUT2D eigenvalue weighted by Gasteiger charge is 2.68. The molecule has 8 heteroatoms. The van der Waals surface area contributed by atoms with Gasteiger partial charge in [-0.1, -0.05) is 6.42 Å². The van der Waals surface area contributed by atoms with Gasteiger partial charge in [-0.25, -0.2) is 13.1 Å². The molecule has 0 aromatic rings. The number of carbonyl (C=O) groups is 1. The van der Waals surface area contributed by atoms with E-state index < -0.39 is 20.8 Å². The summed E-state index contributed by atoms with van der Waals surface area (Å²) in [5, 5.41) is -0.519. The highest BCUT2D eigenvalue weighted by Crippen LogP contribution is 2.51. The first-order valence-electron chi connectivity index (χ1n) is 8.88. The minimum Gasteiger partial charge on any atom is -0.459 e. The molecule has 136 valence electrons. The van der Waals surface area contributed by atoms with Crippen LogP contribution in [-0.2, 0) is 24.3 Å². The third-order valence-corrected chi connectivity index (χ3v) is 8.04. The van der Waals surface area contributed by atoms with Crippen molar-refractivity contribution in [1.82, 2.24) is 9.62 Å². The van der Waals surface area contributed by atoms with E-state index in [9.17, 15) is 13.2 Å². The van der Waals surface area contributed by atoms with E-state index in [1.807, 2.05) is 13.8 Å². The molecule has 24 heavy (non-hydrogen) atoms. The third-order valence-electron chi connectivity index (χ3n) is 5.92. The smallest absolute Gasteiger partial charge is 0.320 e. The molecule has 4 aliphatic rings. The van der Waals surface area contributed by atoms with Crippen LogP contribution in [0.3, 0.4) is 0 Å². The summed E-state index contributed by atoms with van der Waals surface area (Å²) in [7, 11) is -3.36. The maximum Gasteiger partial charge on any atom is 0.320 e. The molecule has 4 aliphatic heterocycles. The lowest BCUT2D eigenvalue weighted by atomic mass is 9.76. The van der Waals surface area contributed by atoms with Crippen molar-refractivity contribution < 1.29 is 22.7 Å². The average Bonchev–Trinajstić information content (AvgIpc) is 3.09. The summed E-state index contributed by atoms with van der Waals surface area (Å²) in [6, 6.07) is 0. The van der Waals surface area contributed by atoms with Crippen molar-refractivity contribution in [2.45, 2.75) is 68.6 Å². The fourth-order valence-corrected chi connectivity index (χ4v) is 7.45. The average molecular weight is 358 g/mol. The van der Waals surface area contributed by atoms with Crippen LogP contribution in [0.5, 0.6) is 0 Å². The van der Waals surface area contributed by atoms with E-state index in [-0.39, 0.29) is 30.2 Å². The SMILES string of the molecule is CC1(C)NS(=O)(=O)C2C3CC(OC(=O)CN4CCCCC4)C(O3)C21. The summed E-state index contributed by atoms with van der Waals surface area (Å²) in [4.78, 5) is 14.4. The molecule has 4 fully saturated rings. The number of rotatable bonds is 3. The second-order valence-electron chi connectivity index (χ2n) is 8.10. The van der Waals surface area contributed by atoms with Gasteiger partial charge < -0.3 is 9.47 Å². The molecular formula is C16H26N2O5S. The maximum atomic E-state index is 12.3. The molecular weight excluding hydrogens is 332 g/mol. The van der Waals surface area contributed by atoms with E-state index in [1.54, 1.807) is 0 Å². The summed E-state index contributed by atoms with van der Waals surface area (Å²) < 4.78 is 39.0. The molecule has 2 bridgehead atoms. The fourth-order valence-electron chi connectivity index (χ4n) is 4.99. The van der Waals surface area contributed by atoms with Gasteiger partial charge >= 0.3 is 5.97 Å². The Morgan fingerprint density at radius 1 is 1.29 bits per heavy atom. The van der Waals surface area contributed by atoms with Gasteiger partial charge in [0.05, 0.1) is 12.6 Å². The fraction of sp³-hybridized carbons (Fsp3) is 0.938. The van der Waals surface area contributed by atoms with Crippen LogP contribution in [0, 0.1) is 5.92 Å². The quantitative estimate of drug-likeness (QED) is 0.728. The number of nitrogens with zero attached hydrogens (tertiary/aromatic N) is 1. The molecule has 0 radical (unpaired) electrons. The van der Waals surface area contributed by atoms with E-state index in [0.717, 1.165) is 25.9 Å². The molecule has 4 heterocycles. The van der Waals surface area contributed by atoms with Gasteiger partial charge in [0.25, 0.3) is 0 Å². The van der Waals surface area contributed by atoms with Gasteiger partial charge in [0.15, 0.2) is 0 Å². The number of fused-ring (bicyclic) bond motifs is 5. The predicted octanol–water partition coefficient (Wildman–Crippen LogP) is 0.252. The lowest BCUT2D eigenvalue weighted by Gasteiger charge is -2.33. The Morgan fingerprint density at radius 3 is 2.71 bits per heavy atom.